The molecule has 0 spiro atoms. The molecule has 1 aromatic heterocycles. The SMILES string of the molecule is C1=CC2c3cc(-c4ccccc4)ccc3N[C@H](c3ccncc3)C2C1. The predicted molar refractivity (Wildman–Crippen MR) is 102 cm³/mol. The van der Waals surface area contributed by atoms with Crippen molar-refractivity contribution in [1.82, 2.24) is 4.98 Å². The maximum absolute atomic E-state index is 4.17. The van der Waals surface area contributed by atoms with E-state index in [0.717, 1.165) is 6.42 Å². The average molecular weight is 324 g/mol. The Labute approximate surface area is 148 Å². The Kier molecular flexibility index (Phi) is 3.41. The van der Waals surface area contributed by atoms with E-state index < -0.39 is 0 Å². The van der Waals surface area contributed by atoms with Gasteiger partial charge in [-0.2, -0.15) is 0 Å². The molecule has 2 heteroatoms. The minimum atomic E-state index is 0.345. The van der Waals surface area contributed by atoms with E-state index in [1.807, 2.05) is 12.4 Å². The molecule has 2 aromatic carbocycles. The zero-order valence-corrected chi connectivity index (χ0v) is 14.0. The molecular formula is C23H20N2. The zero-order chi connectivity index (χ0) is 16.6. The number of allylic oxidation sites excluding steroid dienone is 2. The van der Waals surface area contributed by atoms with Crippen molar-refractivity contribution in [3.05, 3.63) is 96.3 Å². The minimum Gasteiger partial charge on any atom is -0.378 e. The highest BCUT2D eigenvalue weighted by Crippen LogP contribution is 2.50. The van der Waals surface area contributed by atoms with E-state index in [4.69, 9.17) is 0 Å². The van der Waals surface area contributed by atoms with Crippen LogP contribution in [0.1, 0.15) is 29.5 Å². The lowest BCUT2D eigenvalue weighted by molar-refractivity contribution is 0.425. The van der Waals surface area contributed by atoms with Gasteiger partial charge in [-0.1, -0.05) is 48.6 Å². The van der Waals surface area contributed by atoms with Gasteiger partial charge in [0, 0.05) is 24.0 Å². The first-order chi connectivity index (χ1) is 12.4. The summed E-state index contributed by atoms with van der Waals surface area (Å²) in [5.41, 5.74) is 6.58. The number of aromatic nitrogens is 1. The van der Waals surface area contributed by atoms with Crippen LogP contribution in [0.4, 0.5) is 5.69 Å². The Morgan fingerprint density at radius 3 is 2.56 bits per heavy atom. The van der Waals surface area contributed by atoms with Crippen molar-refractivity contribution in [2.45, 2.75) is 18.4 Å². The van der Waals surface area contributed by atoms with Crippen LogP contribution in [0.5, 0.6) is 0 Å². The fraction of sp³-hybridized carbons (Fsp3) is 0.174. The normalized spacial score (nSPS) is 23.6. The molecule has 1 aliphatic carbocycles. The average Bonchev–Trinajstić information content (AvgIpc) is 3.18. The summed E-state index contributed by atoms with van der Waals surface area (Å²) in [5.74, 6) is 1.05. The van der Waals surface area contributed by atoms with Crippen molar-refractivity contribution in [1.29, 1.82) is 0 Å². The first-order valence-corrected chi connectivity index (χ1v) is 8.92. The lowest BCUT2D eigenvalue weighted by atomic mass is 9.76. The summed E-state index contributed by atoms with van der Waals surface area (Å²) in [5, 5.41) is 3.80. The summed E-state index contributed by atoms with van der Waals surface area (Å²) in [6, 6.07) is 22.1. The van der Waals surface area contributed by atoms with Gasteiger partial charge in [-0.25, -0.2) is 0 Å². The summed E-state index contributed by atoms with van der Waals surface area (Å²) >= 11 is 0. The lowest BCUT2D eigenvalue weighted by Crippen LogP contribution is -2.29. The van der Waals surface area contributed by atoms with E-state index in [-0.39, 0.29) is 0 Å². The molecule has 2 unspecified atom stereocenters. The van der Waals surface area contributed by atoms with Gasteiger partial charge in [0.25, 0.3) is 0 Å². The van der Waals surface area contributed by atoms with Gasteiger partial charge in [0.05, 0.1) is 6.04 Å². The van der Waals surface area contributed by atoms with E-state index in [1.165, 1.54) is 27.9 Å². The van der Waals surface area contributed by atoms with Crippen molar-refractivity contribution >= 4 is 5.69 Å². The van der Waals surface area contributed by atoms with Crippen molar-refractivity contribution in [3.63, 3.8) is 0 Å². The molecule has 1 N–H and O–H groups in total. The molecule has 0 radical (unpaired) electrons. The molecule has 0 fully saturated rings. The second-order valence-corrected chi connectivity index (χ2v) is 6.92. The summed E-state index contributed by atoms with van der Waals surface area (Å²) in [6.07, 6.45) is 9.65. The molecule has 0 bridgehead atoms. The Morgan fingerprint density at radius 1 is 0.880 bits per heavy atom. The monoisotopic (exact) mass is 324 g/mol. The number of benzene rings is 2. The Hall–Kier alpha value is -2.87. The molecule has 5 rings (SSSR count). The topological polar surface area (TPSA) is 24.9 Å². The van der Waals surface area contributed by atoms with Gasteiger partial charge >= 0.3 is 0 Å². The first kappa shape index (κ1) is 14.5. The van der Waals surface area contributed by atoms with Gasteiger partial charge in [-0.3, -0.25) is 4.98 Å². The van der Waals surface area contributed by atoms with E-state index in [9.17, 15) is 0 Å². The van der Waals surface area contributed by atoms with Crippen molar-refractivity contribution < 1.29 is 0 Å². The summed E-state index contributed by atoms with van der Waals surface area (Å²) in [6.45, 7) is 0. The third kappa shape index (κ3) is 2.45. The Bertz CT molecular complexity index is 915. The van der Waals surface area contributed by atoms with Crippen LogP contribution in [0.15, 0.2) is 85.2 Å². The van der Waals surface area contributed by atoms with Crippen LogP contribution in [-0.4, -0.2) is 4.98 Å². The lowest BCUT2D eigenvalue weighted by Gasteiger charge is -2.37. The van der Waals surface area contributed by atoms with Crippen LogP contribution in [0, 0.1) is 5.92 Å². The number of pyridine rings is 1. The molecule has 1 aliphatic heterocycles. The maximum Gasteiger partial charge on any atom is 0.0555 e. The van der Waals surface area contributed by atoms with Crippen LogP contribution in [0.3, 0.4) is 0 Å². The first-order valence-electron chi connectivity index (χ1n) is 8.92. The number of fused-ring (bicyclic) bond motifs is 3. The van der Waals surface area contributed by atoms with Gasteiger partial charge in [0.2, 0.25) is 0 Å². The number of hydrogen-bond acceptors (Lipinski definition) is 2. The van der Waals surface area contributed by atoms with E-state index >= 15 is 0 Å². The summed E-state index contributed by atoms with van der Waals surface area (Å²) in [4.78, 5) is 4.17. The van der Waals surface area contributed by atoms with Crippen molar-refractivity contribution in [2.75, 3.05) is 5.32 Å². The number of anilines is 1. The fourth-order valence-corrected chi connectivity index (χ4v) is 4.31. The highest BCUT2D eigenvalue weighted by atomic mass is 15.0. The van der Waals surface area contributed by atoms with E-state index in [2.05, 4.69) is 83.1 Å². The highest BCUT2D eigenvalue weighted by Gasteiger charge is 2.37. The Balaban J connectivity index is 1.58. The number of rotatable bonds is 2. The van der Waals surface area contributed by atoms with Gasteiger partial charge in [0.1, 0.15) is 0 Å². The van der Waals surface area contributed by atoms with Crippen LogP contribution < -0.4 is 5.32 Å². The third-order valence-corrected chi connectivity index (χ3v) is 5.54. The smallest absolute Gasteiger partial charge is 0.0555 e. The molecule has 0 saturated heterocycles. The molecule has 25 heavy (non-hydrogen) atoms. The van der Waals surface area contributed by atoms with Crippen LogP contribution in [0.2, 0.25) is 0 Å². The molecule has 2 heterocycles. The minimum absolute atomic E-state index is 0.345. The molecule has 3 atom stereocenters. The largest absolute Gasteiger partial charge is 0.378 e. The van der Waals surface area contributed by atoms with Crippen molar-refractivity contribution in [2.24, 2.45) is 5.92 Å². The van der Waals surface area contributed by atoms with E-state index in [1.54, 1.807) is 0 Å². The van der Waals surface area contributed by atoms with Crippen LogP contribution in [-0.2, 0) is 0 Å². The van der Waals surface area contributed by atoms with E-state index in [0.29, 0.717) is 17.9 Å². The standard InChI is InChI=1S/C23H20N2/c1-2-5-16(6-3-1)18-9-10-22-21(15-18)19-7-4-8-20(19)23(25-22)17-11-13-24-14-12-17/h1-7,9-15,19-20,23,25H,8H2/t19?,20?,23-/m1/s1. The summed E-state index contributed by atoms with van der Waals surface area (Å²) in [7, 11) is 0. The second kappa shape index (κ2) is 5.89. The number of nitrogens with one attached hydrogen (secondary N) is 1. The summed E-state index contributed by atoms with van der Waals surface area (Å²) < 4.78 is 0. The third-order valence-electron chi connectivity index (χ3n) is 5.54. The van der Waals surface area contributed by atoms with Gasteiger partial charge < -0.3 is 5.32 Å². The molecular weight excluding hydrogens is 304 g/mol. The fourth-order valence-electron chi connectivity index (χ4n) is 4.31. The molecule has 3 aromatic rings. The van der Waals surface area contributed by atoms with Crippen LogP contribution >= 0.6 is 0 Å². The Morgan fingerprint density at radius 2 is 1.72 bits per heavy atom. The van der Waals surface area contributed by atoms with Crippen LogP contribution in [0.25, 0.3) is 11.1 Å². The molecule has 0 amide bonds. The molecule has 2 nitrogen and oxygen atoms in total. The van der Waals surface area contributed by atoms with Gasteiger partial charge in [-0.15, -0.1) is 0 Å². The predicted octanol–water partition coefficient (Wildman–Crippen LogP) is 5.58. The van der Waals surface area contributed by atoms with Crippen molar-refractivity contribution in [3.8, 4) is 11.1 Å². The molecule has 0 saturated carbocycles. The quantitative estimate of drug-likeness (QED) is 0.623. The molecule has 122 valence electrons. The second-order valence-electron chi connectivity index (χ2n) is 6.92. The highest BCUT2D eigenvalue weighted by molar-refractivity contribution is 5.71. The van der Waals surface area contributed by atoms with Gasteiger partial charge in [0.15, 0.2) is 0 Å². The number of hydrogen-bond donors (Lipinski definition) is 1. The number of nitrogens with zero attached hydrogens (tertiary/aromatic N) is 1. The zero-order valence-electron chi connectivity index (χ0n) is 14.0. The maximum atomic E-state index is 4.17. The molecule has 2 aliphatic rings. The van der Waals surface area contributed by atoms with Gasteiger partial charge in [-0.05, 0) is 58.9 Å².